The third-order valence-corrected chi connectivity index (χ3v) is 5.19. The van der Waals surface area contributed by atoms with Gasteiger partial charge in [-0.15, -0.1) is 0 Å². The van der Waals surface area contributed by atoms with E-state index in [-0.39, 0.29) is 28.4 Å². The van der Waals surface area contributed by atoms with E-state index < -0.39 is 10.0 Å². The molecule has 0 atom stereocenters. The average Bonchev–Trinajstić information content (AvgIpc) is 2.46. The number of aromatic nitrogens is 2. The van der Waals surface area contributed by atoms with Crippen molar-refractivity contribution >= 4 is 33.2 Å². The molecule has 1 aromatic carbocycles. The van der Waals surface area contributed by atoms with Crippen molar-refractivity contribution in [1.29, 1.82) is 0 Å². The Labute approximate surface area is 145 Å². The van der Waals surface area contributed by atoms with E-state index in [9.17, 15) is 8.42 Å². The molecule has 0 saturated heterocycles. The summed E-state index contributed by atoms with van der Waals surface area (Å²) in [4.78, 5) is 7.57. The number of nitrogens with zero attached hydrogens (tertiary/aromatic N) is 3. The minimum Gasteiger partial charge on any atom is -0.497 e. The SMILES string of the molecule is COc1ccc(CN(C)S(=O)(=O)Cc2cc(Cl)nc(Cl)n2)cc1. The van der Waals surface area contributed by atoms with Gasteiger partial charge in [0.15, 0.2) is 0 Å². The van der Waals surface area contributed by atoms with Gasteiger partial charge in [-0.2, -0.15) is 0 Å². The summed E-state index contributed by atoms with van der Waals surface area (Å²) >= 11 is 11.5. The predicted molar refractivity (Wildman–Crippen MR) is 89.1 cm³/mol. The lowest BCUT2D eigenvalue weighted by Gasteiger charge is -2.17. The number of rotatable bonds is 6. The fourth-order valence-corrected chi connectivity index (χ4v) is 3.43. The first kappa shape index (κ1) is 17.9. The second-order valence-electron chi connectivity index (χ2n) is 4.81. The van der Waals surface area contributed by atoms with Crippen molar-refractivity contribution < 1.29 is 13.2 Å². The molecule has 1 heterocycles. The zero-order valence-electron chi connectivity index (χ0n) is 12.5. The second kappa shape index (κ2) is 7.44. The topological polar surface area (TPSA) is 72.4 Å². The summed E-state index contributed by atoms with van der Waals surface area (Å²) in [6, 6.07) is 8.55. The van der Waals surface area contributed by atoms with E-state index >= 15 is 0 Å². The Hall–Kier alpha value is -1.41. The van der Waals surface area contributed by atoms with Crippen LogP contribution in [0.25, 0.3) is 0 Å². The number of methoxy groups -OCH3 is 1. The first-order valence-corrected chi connectivity index (χ1v) is 8.92. The van der Waals surface area contributed by atoms with Crippen LogP contribution in [0.4, 0.5) is 0 Å². The highest BCUT2D eigenvalue weighted by molar-refractivity contribution is 7.88. The van der Waals surface area contributed by atoms with Gasteiger partial charge in [-0.1, -0.05) is 23.7 Å². The van der Waals surface area contributed by atoms with E-state index in [1.807, 2.05) is 12.1 Å². The maximum absolute atomic E-state index is 12.4. The number of hydrogen-bond donors (Lipinski definition) is 0. The number of halogens is 2. The van der Waals surface area contributed by atoms with E-state index in [0.717, 1.165) is 5.56 Å². The maximum Gasteiger partial charge on any atom is 0.224 e. The molecule has 0 unspecified atom stereocenters. The van der Waals surface area contributed by atoms with Crippen molar-refractivity contribution in [3.8, 4) is 5.75 Å². The standard InChI is InChI=1S/C14H15Cl2N3O3S/c1-19(8-10-3-5-12(22-2)6-4-10)23(20,21)9-11-7-13(15)18-14(16)17-11/h3-7H,8-9H2,1-2H3. The van der Waals surface area contributed by atoms with Crippen molar-refractivity contribution in [3.05, 3.63) is 52.0 Å². The van der Waals surface area contributed by atoms with Crippen LogP contribution in [0.2, 0.25) is 10.4 Å². The molecule has 0 aliphatic heterocycles. The third kappa shape index (κ3) is 5.04. The van der Waals surface area contributed by atoms with Gasteiger partial charge in [-0.25, -0.2) is 22.7 Å². The van der Waals surface area contributed by atoms with E-state index in [1.165, 1.54) is 17.4 Å². The smallest absolute Gasteiger partial charge is 0.224 e. The van der Waals surface area contributed by atoms with Gasteiger partial charge < -0.3 is 4.74 Å². The van der Waals surface area contributed by atoms with Gasteiger partial charge in [-0.3, -0.25) is 0 Å². The van der Waals surface area contributed by atoms with E-state index in [1.54, 1.807) is 19.2 Å². The van der Waals surface area contributed by atoms with Crippen molar-refractivity contribution in [2.75, 3.05) is 14.2 Å². The molecule has 23 heavy (non-hydrogen) atoms. The predicted octanol–water partition coefficient (Wildman–Crippen LogP) is 2.75. The first-order chi connectivity index (χ1) is 10.8. The van der Waals surface area contributed by atoms with Gasteiger partial charge in [0.1, 0.15) is 16.7 Å². The largest absolute Gasteiger partial charge is 0.497 e. The lowest BCUT2D eigenvalue weighted by atomic mass is 10.2. The van der Waals surface area contributed by atoms with Crippen LogP contribution in [0.1, 0.15) is 11.3 Å². The molecule has 0 aliphatic carbocycles. The van der Waals surface area contributed by atoms with Crippen LogP contribution in [0.5, 0.6) is 5.75 Å². The summed E-state index contributed by atoms with van der Waals surface area (Å²) in [5.74, 6) is 0.409. The zero-order chi connectivity index (χ0) is 17.0. The highest BCUT2D eigenvalue weighted by Gasteiger charge is 2.20. The van der Waals surface area contributed by atoms with Crippen LogP contribution in [-0.2, 0) is 22.3 Å². The van der Waals surface area contributed by atoms with Crippen LogP contribution >= 0.6 is 23.2 Å². The van der Waals surface area contributed by atoms with Gasteiger partial charge in [0.25, 0.3) is 0 Å². The number of ether oxygens (including phenoxy) is 1. The number of benzene rings is 1. The summed E-state index contributed by atoms with van der Waals surface area (Å²) < 4.78 is 31.1. The summed E-state index contributed by atoms with van der Waals surface area (Å²) in [6.45, 7) is 0.235. The molecule has 0 amide bonds. The molecule has 1 aromatic heterocycles. The molecule has 2 rings (SSSR count). The molecule has 2 aromatic rings. The first-order valence-electron chi connectivity index (χ1n) is 6.56. The van der Waals surface area contributed by atoms with Gasteiger partial charge >= 0.3 is 0 Å². The molecule has 6 nitrogen and oxygen atoms in total. The Morgan fingerprint density at radius 3 is 2.39 bits per heavy atom. The van der Waals surface area contributed by atoms with Crippen LogP contribution in [0.15, 0.2) is 30.3 Å². The molecular weight excluding hydrogens is 361 g/mol. The number of sulfonamides is 1. The zero-order valence-corrected chi connectivity index (χ0v) is 14.9. The highest BCUT2D eigenvalue weighted by Crippen LogP contribution is 2.17. The molecule has 124 valence electrons. The monoisotopic (exact) mass is 375 g/mol. The molecular formula is C14H15Cl2N3O3S. The summed E-state index contributed by atoms with van der Waals surface area (Å²) in [7, 11) is -0.489. The quantitative estimate of drug-likeness (QED) is 0.573. The number of hydrogen-bond acceptors (Lipinski definition) is 5. The molecule has 0 saturated carbocycles. The summed E-state index contributed by atoms with van der Waals surface area (Å²) in [6.07, 6.45) is 0. The average molecular weight is 376 g/mol. The normalized spacial score (nSPS) is 11.7. The Balaban J connectivity index is 2.11. The van der Waals surface area contributed by atoms with Crippen molar-refractivity contribution in [1.82, 2.24) is 14.3 Å². The van der Waals surface area contributed by atoms with E-state index in [2.05, 4.69) is 9.97 Å². The van der Waals surface area contributed by atoms with E-state index in [4.69, 9.17) is 27.9 Å². The second-order valence-corrected chi connectivity index (χ2v) is 7.61. The molecule has 0 aliphatic rings. The van der Waals surface area contributed by atoms with Crippen molar-refractivity contribution in [3.63, 3.8) is 0 Å². The lowest BCUT2D eigenvalue weighted by Crippen LogP contribution is -2.28. The van der Waals surface area contributed by atoms with Crippen LogP contribution in [0.3, 0.4) is 0 Å². The minimum atomic E-state index is -3.57. The fourth-order valence-electron chi connectivity index (χ4n) is 1.89. The summed E-state index contributed by atoms with van der Waals surface area (Å²) in [5.41, 5.74) is 1.09. The molecule has 0 fully saturated rings. The lowest BCUT2D eigenvalue weighted by molar-refractivity contribution is 0.414. The molecule has 0 N–H and O–H groups in total. The van der Waals surface area contributed by atoms with Gasteiger partial charge in [-0.05, 0) is 35.4 Å². The van der Waals surface area contributed by atoms with Crippen LogP contribution in [-0.4, -0.2) is 36.8 Å². The van der Waals surface area contributed by atoms with Crippen LogP contribution in [0, 0.1) is 0 Å². The Bertz CT molecular complexity index is 762. The van der Waals surface area contributed by atoms with Crippen molar-refractivity contribution in [2.45, 2.75) is 12.3 Å². The molecule has 9 heteroatoms. The van der Waals surface area contributed by atoms with Gasteiger partial charge in [0.2, 0.25) is 15.3 Å². The Morgan fingerprint density at radius 2 is 1.83 bits per heavy atom. The minimum absolute atomic E-state index is 0.0829. The highest BCUT2D eigenvalue weighted by atomic mass is 35.5. The van der Waals surface area contributed by atoms with Crippen molar-refractivity contribution in [2.24, 2.45) is 0 Å². The Morgan fingerprint density at radius 1 is 1.17 bits per heavy atom. The maximum atomic E-state index is 12.4. The van der Waals surface area contributed by atoms with E-state index in [0.29, 0.717) is 5.75 Å². The fraction of sp³-hybridized carbons (Fsp3) is 0.286. The Kier molecular flexibility index (Phi) is 5.80. The third-order valence-electron chi connectivity index (χ3n) is 3.09. The summed E-state index contributed by atoms with van der Waals surface area (Å²) in [5, 5.41) is 0.0218. The van der Waals surface area contributed by atoms with Crippen LogP contribution < -0.4 is 4.74 Å². The molecule has 0 bridgehead atoms. The van der Waals surface area contributed by atoms with Gasteiger partial charge in [0.05, 0.1) is 12.8 Å². The molecule has 0 radical (unpaired) electrons. The molecule has 0 spiro atoms. The van der Waals surface area contributed by atoms with Gasteiger partial charge in [0, 0.05) is 13.6 Å².